The monoisotopic (exact) mass is 262 g/mol. The van der Waals surface area contributed by atoms with Crippen molar-refractivity contribution in [2.75, 3.05) is 0 Å². The number of carbonyl (C=O) groups is 1. The Morgan fingerprint density at radius 1 is 1.42 bits per heavy atom. The van der Waals surface area contributed by atoms with E-state index in [0.29, 0.717) is 16.7 Å². The molecule has 0 spiro atoms. The first kappa shape index (κ1) is 12.6. The van der Waals surface area contributed by atoms with Gasteiger partial charge in [0.15, 0.2) is 5.78 Å². The van der Waals surface area contributed by atoms with Gasteiger partial charge in [0, 0.05) is 17.1 Å². The Morgan fingerprint density at radius 2 is 2.11 bits per heavy atom. The van der Waals surface area contributed by atoms with Crippen LogP contribution < -0.4 is 0 Å². The SMILES string of the molecule is CC1(C)C=C2C(=O)c3coc(CO)c3[C@](C)(O)[C@H]2C1. The molecule has 1 aromatic rings. The average molecular weight is 262 g/mol. The number of ketones is 1. The molecule has 2 aliphatic rings. The zero-order chi connectivity index (χ0) is 14.0. The Balaban J connectivity index is 2.23. The van der Waals surface area contributed by atoms with Crippen LogP contribution >= 0.6 is 0 Å². The summed E-state index contributed by atoms with van der Waals surface area (Å²) in [5.74, 6) is -0.0249. The second-order valence-electron chi connectivity index (χ2n) is 6.43. The molecule has 1 aromatic heterocycles. The first-order valence-electron chi connectivity index (χ1n) is 6.49. The highest BCUT2D eigenvalue weighted by Crippen LogP contribution is 2.53. The van der Waals surface area contributed by atoms with Gasteiger partial charge >= 0.3 is 0 Å². The lowest BCUT2D eigenvalue weighted by atomic mass is 9.70. The van der Waals surface area contributed by atoms with E-state index in [4.69, 9.17) is 4.42 Å². The van der Waals surface area contributed by atoms with Crippen LogP contribution in [0.15, 0.2) is 22.3 Å². The molecule has 0 aromatic carbocycles. The van der Waals surface area contributed by atoms with E-state index in [9.17, 15) is 15.0 Å². The van der Waals surface area contributed by atoms with E-state index in [0.717, 1.165) is 6.42 Å². The maximum Gasteiger partial charge on any atom is 0.192 e. The molecule has 2 atom stereocenters. The molecule has 0 bridgehead atoms. The van der Waals surface area contributed by atoms with Crippen LogP contribution in [0.3, 0.4) is 0 Å². The van der Waals surface area contributed by atoms with E-state index in [1.165, 1.54) is 6.26 Å². The van der Waals surface area contributed by atoms with Crippen molar-refractivity contribution in [1.82, 2.24) is 0 Å². The molecule has 0 radical (unpaired) electrons. The second-order valence-corrected chi connectivity index (χ2v) is 6.43. The smallest absolute Gasteiger partial charge is 0.192 e. The van der Waals surface area contributed by atoms with Crippen molar-refractivity contribution in [2.45, 2.75) is 39.4 Å². The molecule has 102 valence electrons. The number of allylic oxidation sites excluding steroid dienone is 1. The van der Waals surface area contributed by atoms with Gasteiger partial charge in [-0.3, -0.25) is 4.79 Å². The molecule has 3 rings (SSSR count). The molecule has 0 saturated heterocycles. The van der Waals surface area contributed by atoms with Crippen LogP contribution in [0.4, 0.5) is 0 Å². The number of aliphatic hydroxyl groups is 2. The lowest BCUT2D eigenvalue weighted by Gasteiger charge is -2.37. The molecule has 2 aliphatic carbocycles. The molecule has 19 heavy (non-hydrogen) atoms. The fraction of sp³-hybridized carbons (Fsp3) is 0.533. The van der Waals surface area contributed by atoms with Gasteiger partial charge in [-0.15, -0.1) is 0 Å². The van der Waals surface area contributed by atoms with Gasteiger partial charge in [0.1, 0.15) is 18.6 Å². The maximum atomic E-state index is 12.5. The van der Waals surface area contributed by atoms with Crippen molar-refractivity contribution in [3.05, 3.63) is 34.8 Å². The largest absolute Gasteiger partial charge is 0.466 e. The third-order valence-electron chi connectivity index (χ3n) is 4.35. The van der Waals surface area contributed by atoms with Gasteiger partial charge < -0.3 is 14.6 Å². The molecule has 1 heterocycles. The Bertz CT molecular complexity index is 589. The van der Waals surface area contributed by atoms with Crippen LogP contribution in [0.1, 0.15) is 48.9 Å². The Kier molecular flexibility index (Phi) is 2.38. The topological polar surface area (TPSA) is 70.7 Å². The lowest BCUT2D eigenvalue weighted by Crippen LogP contribution is -2.40. The molecule has 0 amide bonds. The number of furan rings is 1. The number of carbonyl (C=O) groups excluding carboxylic acids is 1. The predicted molar refractivity (Wildman–Crippen MR) is 68.5 cm³/mol. The zero-order valence-corrected chi connectivity index (χ0v) is 11.4. The first-order chi connectivity index (χ1) is 8.78. The van der Waals surface area contributed by atoms with Crippen molar-refractivity contribution in [1.29, 1.82) is 0 Å². The molecule has 4 heteroatoms. The quantitative estimate of drug-likeness (QED) is 0.813. The van der Waals surface area contributed by atoms with Gasteiger partial charge in [0.25, 0.3) is 0 Å². The summed E-state index contributed by atoms with van der Waals surface area (Å²) in [6.07, 6.45) is 4.03. The van der Waals surface area contributed by atoms with Crippen molar-refractivity contribution < 1.29 is 19.4 Å². The highest BCUT2D eigenvalue weighted by Gasteiger charge is 2.52. The van der Waals surface area contributed by atoms with Crippen LogP contribution in [0.2, 0.25) is 0 Å². The standard InChI is InChI=1S/C15H18O4/c1-14(2)4-8-10(5-14)15(3,18)12-9(13(8)17)7-19-11(12)6-16/h4,7,10,16,18H,5-6H2,1-3H3/t10-,15+/m0/s1. The van der Waals surface area contributed by atoms with Crippen LogP contribution in [0.25, 0.3) is 0 Å². The Morgan fingerprint density at radius 3 is 2.74 bits per heavy atom. The normalized spacial score (nSPS) is 31.9. The number of rotatable bonds is 1. The summed E-state index contributed by atoms with van der Waals surface area (Å²) in [4.78, 5) is 12.5. The summed E-state index contributed by atoms with van der Waals surface area (Å²) < 4.78 is 5.23. The number of aliphatic hydroxyl groups excluding tert-OH is 1. The summed E-state index contributed by atoms with van der Waals surface area (Å²) in [6, 6.07) is 0. The molecular formula is C15H18O4. The van der Waals surface area contributed by atoms with Crippen molar-refractivity contribution in [3.63, 3.8) is 0 Å². The number of Topliss-reactive ketones (excluding diaryl/α,β-unsaturated/α-hetero) is 1. The average Bonchev–Trinajstić information content (AvgIpc) is 2.88. The zero-order valence-electron chi connectivity index (χ0n) is 11.4. The van der Waals surface area contributed by atoms with Crippen molar-refractivity contribution >= 4 is 5.78 Å². The maximum absolute atomic E-state index is 12.5. The van der Waals surface area contributed by atoms with E-state index in [2.05, 4.69) is 13.8 Å². The molecular weight excluding hydrogens is 244 g/mol. The fourth-order valence-corrected chi connectivity index (χ4v) is 3.51. The third-order valence-corrected chi connectivity index (χ3v) is 4.35. The minimum Gasteiger partial charge on any atom is -0.466 e. The number of hydrogen-bond donors (Lipinski definition) is 2. The minimum absolute atomic E-state index is 0.0828. The molecule has 2 N–H and O–H groups in total. The van der Waals surface area contributed by atoms with Gasteiger partial charge in [0.2, 0.25) is 0 Å². The van der Waals surface area contributed by atoms with Gasteiger partial charge in [0.05, 0.1) is 11.2 Å². The van der Waals surface area contributed by atoms with Crippen LogP contribution in [0, 0.1) is 11.3 Å². The molecule has 4 nitrogen and oxygen atoms in total. The second kappa shape index (κ2) is 3.58. The summed E-state index contributed by atoms with van der Waals surface area (Å²) >= 11 is 0. The molecule has 0 aliphatic heterocycles. The minimum atomic E-state index is -1.17. The van der Waals surface area contributed by atoms with Gasteiger partial charge in [-0.1, -0.05) is 19.9 Å². The molecule has 0 saturated carbocycles. The van der Waals surface area contributed by atoms with E-state index < -0.39 is 5.60 Å². The predicted octanol–water partition coefficient (Wildman–Crippen LogP) is 2.15. The van der Waals surface area contributed by atoms with E-state index in [1.807, 2.05) is 6.08 Å². The summed E-state index contributed by atoms with van der Waals surface area (Å²) in [7, 11) is 0. The summed E-state index contributed by atoms with van der Waals surface area (Å²) in [5.41, 5.74) is 0.245. The van der Waals surface area contributed by atoms with Gasteiger partial charge in [-0.2, -0.15) is 0 Å². The highest BCUT2D eigenvalue weighted by atomic mass is 16.4. The van der Waals surface area contributed by atoms with Crippen LogP contribution in [0.5, 0.6) is 0 Å². The Labute approximate surface area is 111 Å². The highest BCUT2D eigenvalue weighted by molar-refractivity contribution is 6.12. The van der Waals surface area contributed by atoms with Crippen molar-refractivity contribution in [2.24, 2.45) is 11.3 Å². The summed E-state index contributed by atoms with van der Waals surface area (Å²) in [5, 5.41) is 20.2. The third kappa shape index (κ3) is 1.56. The first-order valence-corrected chi connectivity index (χ1v) is 6.49. The molecule has 0 unspecified atom stereocenters. The fourth-order valence-electron chi connectivity index (χ4n) is 3.51. The van der Waals surface area contributed by atoms with Crippen LogP contribution in [-0.4, -0.2) is 16.0 Å². The Hall–Kier alpha value is -1.39. The van der Waals surface area contributed by atoms with Gasteiger partial charge in [-0.05, 0) is 18.8 Å². The van der Waals surface area contributed by atoms with Gasteiger partial charge in [-0.25, -0.2) is 0 Å². The molecule has 0 fully saturated rings. The lowest BCUT2D eigenvalue weighted by molar-refractivity contribution is -0.00450. The number of fused-ring (bicyclic) bond motifs is 2. The number of hydrogen-bond acceptors (Lipinski definition) is 4. The van der Waals surface area contributed by atoms with Crippen molar-refractivity contribution in [3.8, 4) is 0 Å². The van der Waals surface area contributed by atoms with E-state index >= 15 is 0 Å². The van der Waals surface area contributed by atoms with E-state index in [1.54, 1.807) is 6.92 Å². The van der Waals surface area contributed by atoms with E-state index in [-0.39, 0.29) is 29.5 Å². The van der Waals surface area contributed by atoms with Crippen LogP contribution in [-0.2, 0) is 12.2 Å². The summed E-state index contributed by atoms with van der Waals surface area (Å²) in [6.45, 7) is 5.51.